The Kier molecular flexibility index (Phi) is 6.21. The lowest BCUT2D eigenvalue weighted by atomic mass is 10.0. The van der Waals surface area contributed by atoms with Gasteiger partial charge in [-0.15, -0.1) is 0 Å². The van der Waals surface area contributed by atoms with E-state index in [1.165, 1.54) is 0 Å². The Morgan fingerprint density at radius 1 is 1.30 bits per heavy atom. The maximum atomic E-state index is 12.2. The Hall–Kier alpha value is -0.870. The van der Waals surface area contributed by atoms with E-state index in [2.05, 4.69) is 46.5 Å². The van der Waals surface area contributed by atoms with E-state index >= 15 is 0 Å². The number of nitrogens with one attached hydrogen (secondary N) is 2. The van der Waals surface area contributed by atoms with Gasteiger partial charge in [-0.3, -0.25) is 10.1 Å². The molecule has 0 saturated carbocycles. The molecule has 0 saturated heterocycles. The summed E-state index contributed by atoms with van der Waals surface area (Å²) in [5.74, 6) is 0.0377. The molecular weight excluding hydrogens is 316 g/mol. The van der Waals surface area contributed by atoms with Crippen LogP contribution in [0.2, 0.25) is 0 Å². The molecule has 20 heavy (non-hydrogen) atoms. The molecule has 0 aliphatic heterocycles. The van der Waals surface area contributed by atoms with Gasteiger partial charge in [-0.05, 0) is 45.7 Å². The van der Waals surface area contributed by atoms with Crippen LogP contribution in [0.3, 0.4) is 0 Å². The van der Waals surface area contributed by atoms with Gasteiger partial charge >= 0.3 is 0 Å². The first-order chi connectivity index (χ1) is 9.26. The molecule has 0 spiro atoms. The van der Waals surface area contributed by atoms with Crippen molar-refractivity contribution in [3.05, 3.63) is 34.3 Å². The molecule has 1 aromatic rings. The standard InChI is InChI=1S/C16H25BrN2O/c1-6-16(4,5)19-15(20)12(3)18-11(2)13-9-7-8-10-14(13)17/h7-12,18H,6H2,1-5H3,(H,19,20)/t11-,12?/m0/s1. The third-order valence-corrected chi connectivity index (χ3v) is 4.33. The first-order valence-corrected chi connectivity index (χ1v) is 7.88. The molecule has 2 N–H and O–H groups in total. The molecule has 0 aromatic heterocycles. The fraction of sp³-hybridized carbons (Fsp3) is 0.562. The molecule has 0 fully saturated rings. The molecule has 4 heteroatoms. The summed E-state index contributed by atoms with van der Waals surface area (Å²) in [4.78, 5) is 12.2. The SMILES string of the molecule is CCC(C)(C)NC(=O)C(C)N[C@@H](C)c1ccccc1Br. The van der Waals surface area contributed by atoms with Crippen LogP contribution in [0.1, 0.15) is 52.6 Å². The summed E-state index contributed by atoms with van der Waals surface area (Å²) in [6.45, 7) is 10.1. The van der Waals surface area contributed by atoms with Crippen LogP contribution in [0.4, 0.5) is 0 Å². The second-order valence-electron chi connectivity index (χ2n) is 5.86. The molecule has 1 amide bonds. The van der Waals surface area contributed by atoms with E-state index in [0.29, 0.717) is 0 Å². The van der Waals surface area contributed by atoms with Crippen LogP contribution >= 0.6 is 15.9 Å². The van der Waals surface area contributed by atoms with Crippen molar-refractivity contribution < 1.29 is 4.79 Å². The molecule has 0 aliphatic carbocycles. The summed E-state index contributed by atoms with van der Waals surface area (Å²) < 4.78 is 1.06. The normalized spacial score (nSPS) is 14.7. The molecule has 0 aliphatic rings. The van der Waals surface area contributed by atoms with Crippen molar-refractivity contribution in [3.63, 3.8) is 0 Å². The Morgan fingerprint density at radius 2 is 1.90 bits per heavy atom. The third-order valence-electron chi connectivity index (χ3n) is 3.61. The fourth-order valence-electron chi connectivity index (χ4n) is 1.90. The van der Waals surface area contributed by atoms with Crippen LogP contribution in [0, 0.1) is 0 Å². The summed E-state index contributed by atoms with van der Waals surface area (Å²) in [6, 6.07) is 7.93. The van der Waals surface area contributed by atoms with Crippen molar-refractivity contribution in [1.82, 2.24) is 10.6 Å². The zero-order valence-corrected chi connectivity index (χ0v) is 14.5. The van der Waals surface area contributed by atoms with Gasteiger partial charge in [0.2, 0.25) is 5.91 Å². The van der Waals surface area contributed by atoms with Crippen molar-refractivity contribution in [2.24, 2.45) is 0 Å². The minimum Gasteiger partial charge on any atom is -0.350 e. The lowest BCUT2D eigenvalue weighted by Gasteiger charge is -2.28. The Bertz CT molecular complexity index is 460. The zero-order chi connectivity index (χ0) is 15.3. The Balaban J connectivity index is 2.64. The van der Waals surface area contributed by atoms with Crippen molar-refractivity contribution >= 4 is 21.8 Å². The van der Waals surface area contributed by atoms with E-state index < -0.39 is 0 Å². The molecule has 0 radical (unpaired) electrons. The molecule has 1 aromatic carbocycles. The maximum Gasteiger partial charge on any atom is 0.237 e. The number of hydrogen-bond acceptors (Lipinski definition) is 2. The van der Waals surface area contributed by atoms with Crippen LogP contribution in [-0.2, 0) is 4.79 Å². The lowest BCUT2D eigenvalue weighted by Crippen LogP contribution is -2.51. The van der Waals surface area contributed by atoms with Crippen molar-refractivity contribution in [1.29, 1.82) is 0 Å². The predicted molar refractivity (Wildman–Crippen MR) is 87.7 cm³/mol. The second-order valence-corrected chi connectivity index (χ2v) is 6.71. The smallest absolute Gasteiger partial charge is 0.237 e. The van der Waals surface area contributed by atoms with Crippen molar-refractivity contribution in [3.8, 4) is 0 Å². The molecule has 1 rings (SSSR count). The first kappa shape index (κ1) is 17.2. The molecular formula is C16H25BrN2O. The van der Waals surface area contributed by atoms with Gasteiger partial charge in [0, 0.05) is 16.1 Å². The lowest BCUT2D eigenvalue weighted by molar-refractivity contribution is -0.124. The average molecular weight is 341 g/mol. The van der Waals surface area contributed by atoms with Crippen LogP contribution in [0.15, 0.2) is 28.7 Å². The van der Waals surface area contributed by atoms with E-state index in [9.17, 15) is 4.79 Å². The minimum absolute atomic E-state index is 0.0377. The van der Waals surface area contributed by atoms with Gasteiger partial charge in [0.1, 0.15) is 0 Å². The van der Waals surface area contributed by atoms with Gasteiger partial charge in [0.25, 0.3) is 0 Å². The van der Waals surface area contributed by atoms with Gasteiger partial charge in [-0.2, -0.15) is 0 Å². The van der Waals surface area contributed by atoms with Crippen LogP contribution in [0.25, 0.3) is 0 Å². The van der Waals surface area contributed by atoms with Crippen LogP contribution in [0.5, 0.6) is 0 Å². The summed E-state index contributed by atoms with van der Waals surface area (Å²) in [5, 5.41) is 6.41. The topological polar surface area (TPSA) is 41.1 Å². The highest BCUT2D eigenvalue weighted by Crippen LogP contribution is 2.23. The minimum atomic E-state index is -0.233. The van der Waals surface area contributed by atoms with Gasteiger partial charge in [-0.1, -0.05) is 41.1 Å². The predicted octanol–water partition coefficient (Wildman–Crippen LogP) is 3.79. The number of carbonyl (C=O) groups excluding carboxylic acids is 1. The quantitative estimate of drug-likeness (QED) is 0.826. The number of amides is 1. The molecule has 112 valence electrons. The average Bonchev–Trinajstić information content (AvgIpc) is 2.38. The van der Waals surface area contributed by atoms with Crippen LogP contribution < -0.4 is 10.6 Å². The second kappa shape index (κ2) is 7.23. The van der Waals surface area contributed by atoms with E-state index in [0.717, 1.165) is 16.5 Å². The van der Waals surface area contributed by atoms with Gasteiger partial charge < -0.3 is 5.32 Å². The molecule has 2 atom stereocenters. The highest BCUT2D eigenvalue weighted by atomic mass is 79.9. The molecule has 1 unspecified atom stereocenters. The largest absolute Gasteiger partial charge is 0.350 e. The van der Waals surface area contributed by atoms with Gasteiger partial charge in [-0.25, -0.2) is 0 Å². The van der Waals surface area contributed by atoms with Gasteiger partial charge in [0.05, 0.1) is 6.04 Å². The zero-order valence-electron chi connectivity index (χ0n) is 13.0. The van der Waals surface area contributed by atoms with Gasteiger partial charge in [0.15, 0.2) is 0 Å². The van der Waals surface area contributed by atoms with Crippen LogP contribution in [-0.4, -0.2) is 17.5 Å². The van der Waals surface area contributed by atoms with E-state index in [1.807, 2.05) is 39.0 Å². The fourth-order valence-corrected chi connectivity index (χ4v) is 2.53. The first-order valence-electron chi connectivity index (χ1n) is 7.09. The number of hydrogen-bond donors (Lipinski definition) is 2. The molecule has 3 nitrogen and oxygen atoms in total. The van der Waals surface area contributed by atoms with E-state index in [1.54, 1.807) is 0 Å². The molecule has 0 bridgehead atoms. The Labute approximate surface area is 130 Å². The summed E-state index contributed by atoms with van der Waals surface area (Å²) in [5.41, 5.74) is 0.991. The third kappa shape index (κ3) is 4.91. The highest BCUT2D eigenvalue weighted by Gasteiger charge is 2.23. The number of benzene rings is 1. The van der Waals surface area contributed by atoms with Crippen molar-refractivity contribution in [2.45, 2.75) is 58.7 Å². The number of halogens is 1. The number of rotatable bonds is 6. The summed E-state index contributed by atoms with van der Waals surface area (Å²) in [6.07, 6.45) is 0.908. The van der Waals surface area contributed by atoms with Crippen molar-refractivity contribution in [2.75, 3.05) is 0 Å². The monoisotopic (exact) mass is 340 g/mol. The van der Waals surface area contributed by atoms with E-state index in [-0.39, 0.29) is 23.5 Å². The summed E-state index contributed by atoms with van der Waals surface area (Å²) >= 11 is 3.54. The summed E-state index contributed by atoms with van der Waals surface area (Å²) in [7, 11) is 0. The maximum absolute atomic E-state index is 12.2. The number of carbonyl (C=O) groups is 1. The highest BCUT2D eigenvalue weighted by molar-refractivity contribution is 9.10. The Morgan fingerprint density at radius 3 is 2.45 bits per heavy atom. The molecule has 0 heterocycles. The van der Waals surface area contributed by atoms with E-state index in [4.69, 9.17) is 0 Å².